The van der Waals surface area contributed by atoms with Crippen molar-refractivity contribution >= 4 is 26.5 Å². The fourth-order valence-corrected chi connectivity index (χ4v) is 4.37. The van der Waals surface area contributed by atoms with Gasteiger partial charge in [-0.1, -0.05) is 12.1 Å². The highest BCUT2D eigenvalue weighted by molar-refractivity contribution is 7.89. The summed E-state index contributed by atoms with van der Waals surface area (Å²) in [5, 5.41) is 2.76. The van der Waals surface area contributed by atoms with Crippen molar-refractivity contribution in [2.75, 3.05) is 18.0 Å². The molecular formula is C13H14FN3O2S2. The Hall–Kier alpha value is -1.51. The van der Waals surface area contributed by atoms with E-state index in [0.717, 1.165) is 17.7 Å². The number of sulfonamides is 1. The molecule has 112 valence electrons. The number of benzene rings is 1. The molecule has 1 saturated heterocycles. The molecular weight excluding hydrogens is 313 g/mol. The first-order valence-electron chi connectivity index (χ1n) is 6.47. The zero-order valence-electron chi connectivity index (χ0n) is 11.1. The topological polar surface area (TPSA) is 62.3 Å². The number of aromatic nitrogens is 1. The highest BCUT2D eigenvalue weighted by Gasteiger charge is 2.29. The Morgan fingerprint density at radius 2 is 2.19 bits per heavy atom. The lowest BCUT2D eigenvalue weighted by Gasteiger charge is -2.16. The maximum atomic E-state index is 13.6. The van der Waals surface area contributed by atoms with E-state index in [1.165, 1.54) is 29.5 Å². The summed E-state index contributed by atoms with van der Waals surface area (Å²) in [6.07, 6.45) is 2.39. The summed E-state index contributed by atoms with van der Waals surface area (Å²) in [6.45, 7) is 1.28. The van der Waals surface area contributed by atoms with Gasteiger partial charge >= 0.3 is 0 Å². The number of nitrogens with one attached hydrogen (secondary N) is 1. The van der Waals surface area contributed by atoms with E-state index in [2.05, 4.69) is 9.71 Å². The second-order valence-corrected chi connectivity index (χ2v) is 7.35. The maximum absolute atomic E-state index is 13.6. The molecule has 0 bridgehead atoms. The van der Waals surface area contributed by atoms with Crippen LogP contribution in [0.5, 0.6) is 0 Å². The Balaban J connectivity index is 1.71. The molecule has 0 saturated carbocycles. The van der Waals surface area contributed by atoms with Gasteiger partial charge in [-0.25, -0.2) is 22.5 Å². The zero-order chi connectivity index (χ0) is 14.9. The molecule has 2 heterocycles. The largest absolute Gasteiger partial charge is 0.346 e. The second kappa shape index (κ2) is 5.70. The van der Waals surface area contributed by atoms with E-state index in [1.807, 2.05) is 10.3 Å². The molecule has 0 amide bonds. The number of anilines is 1. The molecule has 21 heavy (non-hydrogen) atoms. The third-order valence-electron chi connectivity index (χ3n) is 3.33. The predicted molar refractivity (Wildman–Crippen MR) is 79.5 cm³/mol. The standard InChI is InChI=1S/C13H14FN3O2S2/c14-11-3-1-2-4-12(11)21(18,19)16-10-5-7-17(9-10)13-15-6-8-20-13/h1-4,6,8,10,16H,5,7,9H2. The molecule has 8 heteroatoms. The number of nitrogens with zero attached hydrogens (tertiary/aromatic N) is 2. The Kier molecular flexibility index (Phi) is 3.92. The van der Waals surface area contributed by atoms with Gasteiger partial charge in [0.1, 0.15) is 10.7 Å². The Morgan fingerprint density at radius 1 is 1.38 bits per heavy atom. The zero-order valence-corrected chi connectivity index (χ0v) is 12.7. The van der Waals surface area contributed by atoms with Crippen molar-refractivity contribution in [3.63, 3.8) is 0 Å². The highest BCUT2D eigenvalue weighted by atomic mass is 32.2. The number of rotatable bonds is 4. The average molecular weight is 327 g/mol. The Morgan fingerprint density at radius 3 is 2.90 bits per heavy atom. The molecule has 2 aromatic rings. The van der Waals surface area contributed by atoms with Crippen LogP contribution in [0.2, 0.25) is 0 Å². The number of hydrogen-bond acceptors (Lipinski definition) is 5. The van der Waals surface area contributed by atoms with Gasteiger partial charge in [0, 0.05) is 30.7 Å². The van der Waals surface area contributed by atoms with Gasteiger partial charge in [-0.2, -0.15) is 0 Å². The van der Waals surface area contributed by atoms with Crippen LogP contribution in [0.25, 0.3) is 0 Å². The van der Waals surface area contributed by atoms with Crippen LogP contribution in [-0.2, 0) is 10.0 Å². The molecule has 0 aliphatic carbocycles. The molecule has 1 unspecified atom stereocenters. The minimum Gasteiger partial charge on any atom is -0.346 e. The summed E-state index contributed by atoms with van der Waals surface area (Å²) in [5.74, 6) is -0.736. The molecule has 0 radical (unpaired) electrons. The monoisotopic (exact) mass is 327 g/mol. The van der Waals surface area contributed by atoms with Crippen molar-refractivity contribution in [2.45, 2.75) is 17.4 Å². The molecule has 1 aliphatic rings. The van der Waals surface area contributed by atoms with E-state index < -0.39 is 15.8 Å². The van der Waals surface area contributed by atoms with Crippen LogP contribution in [0, 0.1) is 5.82 Å². The molecule has 1 atom stereocenters. The van der Waals surface area contributed by atoms with E-state index in [-0.39, 0.29) is 10.9 Å². The molecule has 1 fully saturated rings. The van der Waals surface area contributed by atoms with Gasteiger partial charge in [0.25, 0.3) is 0 Å². The van der Waals surface area contributed by atoms with Gasteiger partial charge in [0.2, 0.25) is 10.0 Å². The van der Waals surface area contributed by atoms with E-state index in [0.29, 0.717) is 13.0 Å². The maximum Gasteiger partial charge on any atom is 0.243 e. The Bertz CT molecular complexity index is 719. The summed E-state index contributed by atoms with van der Waals surface area (Å²) < 4.78 is 40.6. The van der Waals surface area contributed by atoms with Crippen LogP contribution in [0.15, 0.2) is 40.7 Å². The molecule has 1 aromatic heterocycles. The fourth-order valence-electron chi connectivity index (χ4n) is 2.35. The van der Waals surface area contributed by atoms with E-state index in [4.69, 9.17) is 0 Å². The minimum atomic E-state index is -3.84. The number of hydrogen-bond donors (Lipinski definition) is 1. The van der Waals surface area contributed by atoms with E-state index >= 15 is 0 Å². The van der Waals surface area contributed by atoms with Crippen molar-refractivity contribution in [3.8, 4) is 0 Å². The van der Waals surface area contributed by atoms with Crippen LogP contribution >= 0.6 is 11.3 Å². The SMILES string of the molecule is O=S(=O)(NC1CCN(c2nccs2)C1)c1ccccc1F. The fraction of sp³-hybridized carbons (Fsp3) is 0.308. The van der Waals surface area contributed by atoms with Crippen molar-refractivity contribution in [1.82, 2.24) is 9.71 Å². The van der Waals surface area contributed by atoms with Crippen LogP contribution < -0.4 is 9.62 Å². The molecule has 5 nitrogen and oxygen atoms in total. The number of halogens is 1. The lowest BCUT2D eigenvalue weighted by molar-refractivity contribution is 0.543. The number of thiazole rings is 1. The average Bonchev–Trinajstić information content (AvgIpc) is 3.09. The summed E-state index contributed by atoms with van der Waals surface area (Å²) in [7, 11) is -3.84. The lowest BCUT2D eigenvalue weighted by Crippen LogP contribution is -2.37. The van der Waals surface area contributed by atoms with E-state index in [1.54, 1.807) is 6.20 Å². The first-order valence-corrected chi connectivity index (χ1v) is 8.84. The molecule has 3 rings (SSSR count). The second-order valence-electron chi connectivity index (χ2n) is 4.80. The molecule has 1 aromatic carbocycles. The van der Waals surface area contributed by atoms with E-state index in [9.17, 15) is 12.8 Å². The molecule has 1 N–H and O–H groups in total. The van der Waals surface area contributed by atoms with Crippen LogP contribution in [0.3, 0.4) is 0 Å². The molecule has 1 aliphatic heterocycles. The normalized spacial score (nSPS) is 19.1. The van der Waals surface area contributed by atoms with Gasteiger partial charge < -0.3 is 4.90 Å². The molecule has 0 spiro atoms. The smallest absolute Gasteiger partial charge is 0.243 e. The van der Waals surface area contributed by atoms with Gasteiger partial charge in [0.05, 0.1) is 0 Å². The summed E-state index contributed by atoms with van der Waals surface area (Å²) >= 11 is 1.52. The van der Waals surface area contributed by atoms with Gasteiger partial charge in [-0.3, -0.25) is 0 Å². The van der Waals surface area contributed by atoms with Crippen molar-refractivity contribution in [2.24, 2.45) is 0 Å². The first kappa shape index (κ1) is 14.4. The third-order valence-corrected chi connectivity index (χ3v) is 5.71. The minimum absolute atomic E-state index is 0.237. The predicted octanol–water partition coefficient (Wildman–Crippen LogP) is 1.84. The quantitative estimate of drug-likeness (QED) is 0.931. The van der Waals surface area contributed by atoms with Gasteiger partial charge in [0.15, 0.2) is 5.13 Å². The van der Waals surface area contributed by atoms with Gasteiger partial charge in [-0.05, 0) is 18.6 Å². The highest BCUT2D eigenvalue weighted by Crippen LogP contribution is 2.23. The summed E-state index contributed by atoms with van der Waals surface area (Å²) in [4.78, 5) is 5.93. The van der Waals surface area contributed by atoms with Gasteiger partial charge in [-0.15, -0.1) is 11.3 Å². The first-order chi connectivity index (χ1) is 10.1. The van der Waals surface area contributed by atoms with Crippen LogP contribution in [-0.4, -0.2) is 32.5 Å². The summed E-state index contributed by atoms with van der Waals surface area (Å²) in [5.41, 5.74) is 0. The van der Waals surface area contributed by atoms with Crippen molar-refractivity contribution in [1.29, 1.82) is 0 Å². The van der Waals surface area contributed by atoms with Crippen molar-refractivity contribution in [3.05, 3.63) is 41.7 Å². The lowest BCUT2D eigenvalue weighted by atomic mass is 10.3. The third kappa shape index (κ3) is 3.07. The Labute approximate surface area is 126 Å². The van der Waals surface area contributed by atoms with Crippen LogP contribution in [0.4, 0.5) is 9.52 Å². The summed E-state index contributed by atoms with van der Waals surface area (Å²) in [6, 6.07) is 5.15. The van der Waals surface area contributed by atoms with Crippen LogP contribution in [0.1, 0.15) is 6.42 Å². The van der Waals surface area contributed by atoms with Crippen molar-refractivity contribution < 1.29 is 12.8 Å².